The number of aliphatic hydroxyl groups is 1. The molecule has 0 spiro atoms. The molecule has 0 aromatic heterocycles. The topological polar surface area (TPSA) is 46.5 Å². The minimum atomic E-state index is -1.21. The van der Waals surface area contributed by atoms with Crippen molar-refractivity contribution in [3.63, 3.8) is 0 Å². The molecule has 1 atom stereocenters. The molecule has 1 N–H and O–H groups in total. The molecule has 0 aliphatic heterocycles. The normalized spacial score (nSPS) is 15.6. The van der Waals surface area contributed by atoms with Gasteiger partial charge in [-0.3, -0.25) is 4.79 Å². The van der Waals surface area contributed by atoms with Crippen LogP contribution in [-0.2, 0) is 9.53 Å². The summed E-state index contributed by atoms with van der Waals surface area (Å²) in [6.07, 6.45) is 9.93. The molecule has 88 valence electrons. The van der Waals surface area contributed by atoms with Crippen LogP contribution in [0.5, 0.6) is 0 Å². The average molecular weight is 222 g/mol. The molecule has 0 aliphatic rings. The van der Waals surface area contributed by atoms with Gasteiger partial charge < -0.3 is 9.84 Å². The molecule has 0 saturated carbocycles. The highest BCUT2D eigenvalue weighted by atomic mass is 16.5. The van der Waals surface area contributed by atoms with E-state index in [-0.39, 0.29) is 6.42 Å². The molecule has 3 heteroatoms. The van der Waals surface area contributed by atoms with Gasteiger partial charge in [0.25, 0.3) is 0 Å². The Labute approximate surface area is 96.8 Å². The molecule has 0 aromatic carbocycles. The zero-order valence-electron chi connectivity index (χ0n) is 9.99. The van der Waals surface area contributed by atoms with Crippen LogP contribution in [0.2, 0.25) is 0 Å². The molecule has 0 saturated heterocycles. The summed E-state index contributed by atoms with van der Waals surface area (Å²) in [7, 11) is 0. The summed E-state index contributed by atoms with van der Waals surface area (Å²) in [5.41, 5.74) is -0.458. The van der Waals surface area contributed by atoms with Gasteiger partial charge in [-0.05, 0) is 26.3 Å². The minimum Gasteiger partial charge on any atom is -0.466 e. The van der Waals surface area contributed by atoms with Crippen LogP contribution < -0.4 is 0 Å². The molecule has 3 nitrogen and oxygen atoms in total. The second-order valence-electron chi connectivity index (χ2n) is 3.69. The number of ether oxygens (including phenoxy) is 1. The molecule has 16 heavy (non-hydrogen) atoms. The predicted molar refractivity (Wildman–Crippen MR) is 63.6 cm³/mol. The molecule has 0 heterocycles. The Morgan fingerprint density at radius 3 is 2.75 bits per heavy atom. The first-order valence-corrected chi connectivity index (χ1v) is 5.12. The van der Waals surface area contributed by atoms with Crippen molar-refractivity contribution < 1.29 is 14.6 Å². The number of carbonyl (C=O) groups excluding carboxylic acids is 1. The lowest BCUT2D eigenvalue weighted by molar-refractivity contribution is -0.146. The molecular weight excluding hydrogens is 204 g/mol. The third-order valence-corrected chi connectivity index (χ3v) is 1.84. The Hall–Kier alpha value is -1.53. The Bertz CT molecular complexity index is 330. The maximum Gasteiger partial charge on any atom is 0.309 e. The van der Waals surface area contributed by atoms with E-state index in [1.807, 2.05) is 0 Å². The monoisotopic (exact) mass is 222 g/mol. The fourth-order valence-corrected chi connectivity index (χ4v) is 1.01. The van der Waals surface area contributed by atoms with E-state index in [2.05, 4.69) is 5.92 Å². The van der Waals surface area contributed by atoms with Crippen molar-refractivity contribution in [2.75, 3.05) is 6.61 Å². The average Bonchev–Trinajstić information content (AvgIpc) is 2.16. The largest absolute Gasteiger partial charge is 0.466 e. The number of carbonyl (C=O) groups is 1. The van der Waals surface area contributed by atoms with Crippen LogP contribution in [0.4, 0.5) is 0 Å². The summed E-state index contributed by atoms with van der Waals surface area (Å²) in [5, 5.41) is 9.83. The smallest absolute Gasteiger partial charge is 0.309 e. The SMILES string of the molecule is C#CC(C)=CC=CC(C)(O)CC(=O)OCC. The second kappa shape index (κ2) is 6.86. The number of rotatable bonds is 5. The first-order valence-electron chi connectivity index (χ1n) is 5.12. The van der Waals surface area contributed by atoms with Gasteiger partial charge in [-0.15, -0.1) is 6.42 Å². The molecule has 0 radical (unpaired) electrons. The number of hydrogen-bond acceptors (Lipinski definition) is 3. The van der Waals surface area contributed by atoms with Gasteiger partial charge in [0.1, 0.15) is 0 Å². The van der Waals surface area contributed by atoms with Gasteiger partial charge in [-0.25, -0.2) is 0 Å². The number of hydrogen-bond donors (Lipinski definition) is 1. The standard InChI is InChI=1S/C13H18O3/c1-5-11(3)8-7-9-13(4,15)10-12(14)16-6-2/h1,7-9,15H,6,10H2,2-4H3. The zero-order valence-corrected chi connectivity index (χ0v) is 9.99. The van der Waals surface area contributed by atoms with Crippen LogP contribution in [0.25, 0.3) is 0 Å². The maximum absolute atomic E-state index is 11.1. The Kier molecular flexibility index (Phi) is 6.21. The highest BCUT2D eigenvalue weighted by Crippen LogP contribution is 2.12. The molecule has 0 aromatic rings. The molecule has 0 aliphatic carbocycles. The number of terminal acetylenes is 1. The van der Waals surface area contributed by atoms with E-state index >= 15 is 0 Å². The van der Waals surface area contributed by atoms with E-state index in [0.717, 1.165) is 5.57 Å². The molecule has 0 bridgehead atoms. The van der Waals surface area contributed by atoms with Crippen molar-refractivity contribution in [3.05, 3.63) is 23.8 Å². The third-order valence-electron chi connectivity index (χ3n) is 1.84. The fourth-order valence-electron chi connectivity index (χ4n) is 1.01. The summed E-state index contributed by atoms with van der Waals surface area (Å²) in [4.78, 5) is 11.1. The van der Waals surface area contributed by atoms with E-state index < -0.39 is 11.6 Å². The fraction of sp³-hybridized carbons (Fsp3) is 0.462. The lowest BCUT2D eigenvalue weighted by Crippen LogP contribution is -2.26. The summed E-state index contributed by atoms with van der Waals surface area (Å²) < 4.78 is 4.75. The summed E-state index contributed by atoms with van der Waals surface area (Å²) >= 11 is 0. The van der Waals surface area contributed by atoms with Gasteiger partial charge in [0.05, 0.1) is 18.6 Å². The maximum atomic E-state index is 11.1. The molecule has 0 fully saturated rings. The van der Waals surface area contributed by atoms with Crippen LogP contribution in [0.3, 0.4) is 0 Å². The summed E-state index contributed by atoms with van der Waals surface area (Å²) in [6.45, 7) is 5.36. The Balaban J connectivity index is 4.35. The van der Waals surface area contributed by atoms with Gasteiger partial charge in [-0.2, -0.15) is 0 Å². The Morgan fingerprint density at radius 2 is 2.25 bits per heavy atom. The van der Waals surface area contributed by atoms with Crippen molar-refractivity contribution in [1.82, 2.24) is 0 Å². The summed E-state index contributed by atoms with van der Waals surface area (Å²) in [6, 6.07) is 0. The van der Waals surface area contributed by atoms with Gasteiger partial charge in [-0.1, -0.05) is 24.1 Å². The van der Waals surface area contributed by atoms with E-state index in [9.17, 15) is 9.90 Å². The lowest BCUT2D eigenvalue weighted by atomic mass is 10.0. The lowest BCUT2D eigenvalue weighted by Gasteiger charge is -2.17. The molecular formula is C13H18O3. The van der Waals surface area contributed by atoms with Crippen LogP contribution in [0, 0.1) is 12.3 Å². The molecule has 0 amide bonds. The van der Waals surface area contributed by atoms with Gasteiger partial charge in [0.2, 0.25) is 0 Å². The zero-order chi connectivity index (χ0) is 12.6. The van der Waals surface area contributed by atoms with Gasteiger partial charge >= 0.3 is 5.97 Å². The predicted octanol–water partition coefficient (Wildman–Crippen LogP) is 1.83. The highest BCUT2D eigenvalue weighted by Gasteiger charge is 2.21. The van der Waals surface area contributed by atoms with E-state index in [1.54, 1.807) is 32.9 Å². The minimum absolute atomic E-state index is 0.0692. The van der Waals surface area contributed by atoms with E-state index in [0.29, 0.717) is 6.61 Å². The van der Waals surface area contributed by atoms with Crippen molar-refractivity contribution in [1.29, 1.82) is 0 Å². The third kappa shape index (κ3) is 6.86. The van der Waals surface area contributed by atoms with E-state index in [4.69, 9.17) is 11.2 Å². The van der Waals surface area contributed by atoms with Crippen LogP contribution in [0.1, 0.15) is 27.2 Å². The van der Waals surface area contributed by atoms with Crippen molar-refractivity contribution in [3.8, 4) is 12.3 Å². The highest BCUT2D eigenvalue weighted by molar-refractivity contribution is 5.71. The van der Waals surface area contributed by atoms with E-state index in [1.165, 1.54) is 6.08 Å². The second-order valence-corrected chi connectivity index (χ2v) is 3.69. The molecule has 1 unspecified atom stereocenters. The van der Waals surface area contributed by atoms with Crippen LogP contribution in [0.15, 0.2) is 23.8 Å². The van der Waals surface area contributed by atoms with Crippen molar-refractivity contribution in [2.45, 2.75) is 32.8 Å². The number of allylic oxidation sites excluding steroid dienone is 3. The van der Waals surface area contributed by atoms with Crippen molar-refractivity contribution in [2.24, 2.45) is 0 Å². The number of esters is 1. The molecule has 0 rings (SSSR count). The van der Waals surface area contributed by atoms with Crippen molar-refractivity contribution >= 4 is 5.97 Å². The Morgan fingerprint density at radius 1 is 1.62 bits per heavy atom. The first kappa shape index (κ1) is 14.5. The quantitative estimate of drug-likeness (QED) is 0.438. The van der Waals surface area contributed by atoms with Gasteiger partial charge in [0.15, 0.2) is 0 Å². The van der Waals surface area contributed by atoms with Crippen LogP contribution in [-0.4, -0.2) is 23.3 Å². The van der Waals surface area contributed by atoms with Crippen LogP contribution >= 0.6 is 0 Å². The first-order chi connectivity index (χ1) is 7.41. The van der Waals surface area contributed by atoms with Gasteiger partial charge in [0, 0.05) is 0 Å². The summed E-state index contributed by atoms with van der Waals surface area (Å²) in [5.74, 6) is 2.03.